The summed E-state index contributed by atoms with van der Waals surface area (Å²) in [6.45, 7) is 2.22. The van der Waals surface area contributed by atoms with Gasteiger partial charge in [-0.3, -0.25) is 0 Å². The molecule has 0 spiro atoms. The number of nitrogen functional groups attached to an aromatic ring is 1. The highest BCUT2D eigenvalue weighted by molar-refractivity contribution is 5.36. The Hall–Kier alpha value is -2.25. The molecule has 0 amide bonds. The molecule has 1 aliphatic carbocycles. The van der Waals surface area contributed by atoms with Crippen molar-refractivity contribution in [1.82, 2.24) is 29.7 Å². The van der Waals surface area contributed by atoms with E-state index in [-0.39, 0.29) is 5.95 Å². The molecule has 1 fully saturated rings. The summed E-state index contributed by atoms with van der Waals surface area (Å²) in [4.78, 5) is 16.2. The minimum Gasteiger partial charge on any atom is -0.368 e. The van der Waals surface area contributed by atoms with Gasteiger partial charge >= 0.3 is 0 Å². The van der Waals surface area contributed by atoms with Gasteiger partial charge in [-0.15, -0.1) is 0 Å². The summed E-state index contributed by atoms with van der Waals surface area (Å²) in [6, 6.07) is 0.422. The number of nitrogens with two attached hydrogens (primary N) is 1. The van der Waals surface area contributed by atoms with Gasteiger partial charge in [-0.1, -0.05) is 6.92 Å². The van der Waals surface area contributed by atoms with Crippen LogP contribution in [0.2, 0.25) is 0 Å². The van der Waals surface area contributed by atoms with Crippen molar-refractivity contribution in [3.05, 3.63) is 12.7 Å². The van der Waals surface area contributed by atoms with Gasteiger partial charge in [0.05, 0.1) is 0 Å². The van der Waals surface area contributed by atoms with E-state index in [4.69, 9.17) is 5.73 Å². The van der Waals surface area contributed by atoms with Gasteiger partial charge in [-0.2, -0.15) is 24.7 Å². The fraction of sp³-hybridized carbons (Fsp3) is 0.500. The van der Waals surface area contributed by atoms with Crippen LogP contribution in [-0.4, -0.2) is 35.8 Å². The van der Waals surface area contributed by atoms with Crippen molar-refractivity contribution in [3.63, 3.8) is 0 Å². The van der Waals surface area contributed by atoms with Gasteiger partial charge in [0, 0.05) is 6.04 Å². The first-order valence-corrected chi connectivity index (χ1v) is 5.84. The zero-order chi connectivity index (χ0) is 12.5. The third-order valence-corrected chi connectivity index (χ3v) is 2.97. The van der Waals surface area contributed by atoms with E-state index in [1.807, 2.05) is 0 Å². The lowest BCUT2D eigenvalue weighted by Crippen LogP contribution is -2.34. The molecule has 3 N–H and O–H groups in total. The number of hydrogen-bond donors (Lipinski definition) is 2. The molecule has 8 nitrogen and oxygen atoms in total. The molecule has 2 heterocycles. The van der Waals surface area contributed by atoms with Crippen LogP contribution in [0.3, 0.4) is 0 Å². The topological polar surface area (TPSA) is 107 Å². The van der Waals surface area contributed by atoms with E-state index in [9.17, 15) is 0 Å². The molecule has 18 heavy (non-hydrogen) atoms. The molecular weight excluding hydrogens is 232 g/mol. The Balaban J connectivity index is 1.82. The maximum absolute atomic E-state index is 5.66. The fourth-order valence-electron chi connectivity index (χ4n) is 2.06. The van der Waals surface area contributed by atoms with Crippen molar-refractivity contribution in [3.8, 4) is 5.95 Å². The van der Waals surface area contributed by atoms with Gasteiger partial charge in [-0.05, 0) is 18.8 Å². The lowest BCUT2D eigenvalue weighted by Gasteiger charge is -2.33. The molecule has 2 aromatic heterocycles. The first-order chi connectivity index (χ1) is 8.70. The number of anilines is 2. The normalized spacial score (nSPS) is 22.5. The Labute approximate surface area is 104 Å². The minimum atomic E-state index is 0.172. The Bertz CT molecular complexity index is 531. The maximum atomic E-state index is 5.66. The number of hydrogen-bond acceptors (Lipinski definition) is 7. The summed E-state index contributed by atoms with van der Waals surface area (Å²) in [6.07, 6.45) is 5.19. The highest BCUT2D eigenvalue weighted by Gasteiger charge is 2.26. The molecule has 0 unspecified atom stereocenters. The van der Waals surface area contributed by atoms with Gasteiger partial charge < -0.3 is 11.1 Å². The highest BCUT2D eigenvalue weighted by atomic mass is 15.4. The van der Waals surface area contributed by atoms with Crippen LogP contribution in [0.5, 0.6) is 0 Å². The molecule has 8 heteroatoms. The van der Waals surface area contributed by atoms with E-state index in [0.29, 0.717) is 17.9 Å². The van der Waals surface area contributed by atoms with Crippen molar-refractivity contribution in [2.45, 2.75) is 25.8 Å². The first kappa shape index (κ1) is 10.9. The van der Waals surface area contributed by atoms with Gasteiger partial charge in [0.15, 0.2) is 0 Å². The number of nitrogens with one attached hydrogen (secondary N) is 1. The summed E-state index contributed by atoms with van der Waals surface area (Å²) in [5.74, 6) is 1.79. The smallest absolute Gasteiger partial charge is 0.258 e. The van der Waals surface area contributed by atoms with Crippen LogP contribution in [0.4, 0.5) is 11.9 Å². The van der Waals surface area contributed by atoms with Gasteiger partial charge in [0.2, 0.25) is 11.9 Å². The molecule has 1 saturated carbocycles. The molecule has 94 valence electrons. The third-order valence-electron chi connectivity index (χ3n) is 2.97. The van der Waals surface area contributed by atoms with Crippen LogP contribution in [0.1, 0.15) is 19.8 Å². The molecule has 0 aliphatic heterocycles. The second-order valence-electron chi connectivity index (χ2n) is 4.58. The van der Waals surface area contributed by atoms with Gasteiger partial charge in [0.1, 0.15) is 12.7 Å². The number of aromatic nitrogens is 6. The predicted molar refractivity (Wildman–Crippen MR) is 65.0 cm³/mol. The molecule has 0 saturated heterocycles. The maximum Gasteiger partial charge on any atom is 0.258 e. The van der Waals surface area contributed by atoms with Crippen LogP contribution in [0.25, 0.3) is 5.95 Å². The third kappa shape index (κ3) is 2.08. The Kier molecular flexibility index (Phi) is 2.54. The average molecular weight is 246 g/mol. The van der Waals surface area contributed by atoms with E-state index in [1.54, 1.807) is 0 Å². The minimum absolute atomic E-state index is 0.172. The number of nitrogens with zero attached hydrogens (tertiary/aromatic N) is 6. The Morgan fingerprint density at radius 2 is 2.17 bits per heavy atom. The van der Waals surface area contributed by atoms with Crippen molar-refractivity contribution in [2.75, 3.05) is 11.1 Å². The van der Waals surface area contributed by atoms with E-state index < -0.39 is 0 Å². The van der Waals surface area contributed by atoms with Crippen LogP contribution in [0, 0.1) is 5.92 Å². The predicted octanol–water partition coefficient (Wildman–Crippen LogP) is 0.245. The zero-order valence-corrected chi connectivity index (χ0v) is 9.98. The molecule has 0 radical (unpaired) electrons. The average Bonchev–Trinajstić information content (AvgIpc) is 2.79. The molecule has 0 bridgehead atoms. The first-order valence-electron chi connectivity index (χ1n) is 5.84. The lowest BCUT2D eigenvalue weighted by molar-refractivity contribution is 0.308. The van der Waals surface area contributed by atoms with Gasteiger partial charge in [0.25, 0.3) is 5.95 Å². The van der Waals surface area contributed by atoms with Crippen molar-refractivity contribution in [2.24, 2.45) is 5.92 Å². The second kappa shape index (κ2) is 4.21. The Morgan fingerprint density at radius 1 is 1.33 bits per heavy atom. The monoisotopic (exact) mass is 246 g/mol. The highest BCUT2D eigenvalue weighted by Crippen LogP contribution is 2.28. The van der Waals surface area contributed by atoms with E-state index in [0.717, 1.165) is 18.8 Å². The summed E-state index contributed by atoms with van der Waals surface area (Å²) < 4.78 is 1.45. The van der Waals surface area contributed by atoms with Crippen LogP contribution < -0.4 is 11.1 Å². The van der Waals surface area contributed by atoms with Crippen molar-refractivity contribution < 1.29 is 0 Å². The standard InChI is InChI=1S/C10H14N8/c1-6-2-7(3-6)14-9-15-8(11)16-10(17-9)18-5-12-4-13-18/h4-7H,2-3H2,1H3,(H3,11,14,15,16,17). The summed E-state index contributed by atoms with van der Waals surface area (Å²) in [5, 5.41) is 7.21. The van der Waals surface area contributed by atoms with E-state index in [1.165, 1.54) is 17.3 Å². The lowest BCUT2D eigenvalue weighted by atomic mass is 9.82. The summed E-state index contributed by atoms with van der Waals surface area (Å²) >= 11 is 0. The zero-order valence-electron chi connectivity index (χ0n) is 9.98. The largest absolute Gasteiger partial charge is 0.368 e. The van der Waals surface area contributed by atoms with Crippen LogP contribution in [-0.2, 0) is 0 Å². The quantitative estimate of drug-likeness (QED) is 0.798. The summed E-state index contributed by atoms with van der Waals surface area (Å²) in [7, 11) is 0. The number of rotatable bonds is 3. The molecule has 2 aromatic rings. The van der Waals surface area contributed by atoms with Crippen LogP contribution in [0.15, 0.2) is 12.7 Å². The van der Waals surface area contributed by atoms with Crippen molar-refractivity contribution in [1.29, 1.82) is 0 Å². The molecule has 0 atom stereocenters. The fourth-order valence-corrected chi connectivity index (χ4v) is 2.06. The molecular formula is C10H14N8. The van der Waals surface area contributed by atoms with E-state index in [2.05, 4.69) is 37.3 Å². The Morgan fingerprint density at radius 3 is 2.83 bits per heavy atom. The second-order valence-corrected chi connectivity index (χ2v) is 4.58. The SMILES string of the molecule is CC1CC(Nc2nc(N)nc(-n3cncn3)n2)C1. The summed E-state index contributed by atoms with van der Waals surface area (Å²) in [5.41, 5.74) is 5.66. The molecule has 1 aliphatic rings. The molecule has 3 rings (SSSR count). The van der Waals surface area contributed by atoms with Gasteiger partial charge in [-0.25, -0.2) is 4.98 Å². The van der Waals surface area contributed by atoms with E-state index >= 15 is 0 Å². The molecule has 0 aromatic carbocycles. The van der Waals surface area contributed by atoms with Crippen LogP contribution >= 0.6 is 0 Å². The van der Waals surface area contributed by atoms with Crippen molar-refractivity contribution >= 4 is 11.9 Å².